The number of thiazole rings is 1. The van der Waals surface area contributed by atoms with Crippen molar-refractivity contribution in [1.82, 2.24) is 15.6 Å². The van der Waals surface area contributed by atoms with Gasteiger partial charge in [0, 0.05) is 22.4 Å². The van der Waals surface area contributed by atoms with Crippen LogP contribution in [0.4, 0.5) is 0 Å². The minimum absolute atomic E-state index is 0.0394. The Kier molecular flexibility index (Phi) is 4.86. The van der Waals surface area contributed by atoms with Gasteiger partial charge < -0.3 is 10.6 Å². The van der Waals surface area contributed by atoms with E-state index in [9.17, 15) is 9.59 Å². The molecule has 2 N–H and O–H groups in total. The molecule has 2 aromatic heterocycles. The molecule has 5 nitrogen and oxygen atoms in total. The summed E-state index contributed by atoms with van der Waals surface area (Å²) >= 11 is 3.00. The van der Waals surface area contributed by atoms with Crippen molar-refractivity contribution >= 4 is 34.5 Å². The molecule has 0 spiro atoms. The van der Waals surface area contributed by atoms with Crippen LogP contribution in [0.25, 0.3) is 10.6 Å². The lowest BCUT2D eigenvalue weighted by molar-refractivity contribution is -0.120. The predicted octanol–water partition coefficient (Wildman–Crippen LogP) is 2.13. The molecule has 106 valence electrons. The average Bonchev–Trinajstić information content (AvgIpc) is 3.04. The number of hydrogen-bond donors (Lipinski definition) is 2. The molecule has 20 heavy (non-hydrogen) atoms. The number of carbonyl (C=O) groups excluding carboxylic acids is 2. The minimum atomic E-state index is -0.332. The number of nitrogens with zero attached hydrogens (tertiary/aromatic N) is 1. The van der Waals surface area contributed by atoms with Crippen molar-refractivity contribution in [3.63, 3.8) is 0 Å². The summed E-state index contributed by atoms with van der Waals surface area (Å²) < 4.78 is 0. The van der Waals surface area contributed by atoms with E-state index in [1.54, 1.807) is 16.7 Å². The molecule has 0 atom stereocenters. The van der Waals surface area contributed by atoms with Crippen LogP contribution in [-0.2, 0) is 4.79 Å². The summed E-state index contributed by atoms with van der Waals surface area (Å²) in [7, 11) is 0. The van der Waals surface area contributed by atoms with Crippen LogP contribution in [0.5, 0.6) is 0 Å². The Morgan fingerprint density at radius 3 is 2.80 bits per heavy atom. The normalized spacial score (nSPS) is 10.6. The zero-order valence-corrected chi connectivity index (χ0v) is 12.8. The van der Waals surface area contributed by atoms with E-state index in [1.165, 1.54) is 11.3 Å². The number of nitrogens with one attached hydrogen (secondary N) is 2. The van der Waals surface area contributed by atoms with Gasteiger partial charge in [0.15, 0.2) is 0 Å². The largest absolute Gasteiger partial charge is 0.352 e. The van der Waals surface area contributed by atoms with E-state index in [-0.39, 0.29) is 24.4 Å². The van der Waals surface area contributed by atoms with E-state index >= 15 is 0 Å². The van der Waals surface area contributed by atoms with Crippen LogP contribution in [0.2, 0.25) is 0 Å². The second-order valence-electron chi connectivity index (χ2n) is 4.45. The average molecular weight is 309 g/mol. The van der Waals surface area contributed by atoms with Crippen LogP contribution in [0.3, 0.4) is 0 Å². The van der Waals surface area contributed by atoms with Gasteiger partial charge in [-0.15, -0.1) is 11.3 Å². The molecule has 0 aliphatic carbocycles. The third-order valence-corrected chi connectivity index (χ3v) is 3.94. The first kappa shape index (κ1) is 14.7. The molecular formula is C13H15N3O2S2. The van der Waals surface area contributed by atoms with Crippen LogP contribution < -0.4 is 10.6 Å². The highest BCUT2D eigenvalue weighted by molar-refractivity contribution is 7.14. The molecule has 0 aromatic carbocycles. The standard InChI is InChI=1S/C13H15N3O2S2/c1-8(2)15-11(17)5-14-12(18)10-7-20-13(16-10)9-3-4-19-6-9/h3-4,6-8H,5H2,1-2H3,(H,14,18)(H,15,17). The number of carbonyl (C=O) groups is 2. The van der Waals surface area contributed by atoms with Gasteiger partial charge in [-0.05, 0) is 25.3 Å². The van der Waals surface area contributed by atoms with Gasteiger partial charge in [-0.1, -0.05) is 0 Å². The topological polar surface area (TPSA) is 71.1 Å². The highest BCUT2D eigenvalue weighted by Gasteiger charge is 2.13. The maximum Gasteiger partial charge on any atom is 0.271 e. The second kappa shape index (κ2) is 6.62. The quantitative estimate of drug-likeness (QED) is 0.889. The fourth-order valence-corrected chi connectivity index (χ4v) is 3.03. The van der Waals surface area contributed by atoms with Crippen LogP contribution >= 0.6 is 22.7 Å². The summed E-state index contributed by atoms with van der Waals surface area (Å²) in [5.41, 5.74) is 1.35. The Morgan fingerprint density at radius 1 is 1.35 bits per heavy atom. The van der Waals surface area contributed by atoms with Gasteiger partial charge in [-0.3, -0.25) is 9.59 Å². The molecule has 0 aliphatic heterocycles. The molecule has 0 unspecified atom stereocenters. The number of rotatable bonds is 5. The van der Waals surface area contributed by atoms with Gasteiger partial charge in [-0.25, -0.2) is 4.98 Å². The number of thiophene rings is 1. The first-order valence-electron chi connectivity index (χ1n) is 6.12. The van der Waals surface area contributed by atoms with Crippen molar-refractivity contribution in [2.24, 2.45) is 0 Å². The lowest BCUT2D eigenvalue weighted by Gasteiger charge is -2.08. The van der Waals surface area contributed by atoms with Crippen LogP contribution in [0.1, 0.15) is 24.3 Å². The summed E-state index contributed by atoms with van der Waals surface area (Å²) in [6.45, 7) is 3.70. The van der Waals surface area contributed by atoms with Crippen LogP contribution in [0.15, 0.2) is 22.2 Å². The molecule has 0 saturated heterocycles. The maximum absolute atomic E-state index is 11.9. The Bertz CT molecular complexity index is 591. The lowest BCUT2D eigenvalue weighted by Crippen LogP contribution is -2.39. The fourth-order valence-electron chi connectivity index (χ4n) is 1.52. The molecule has 2 amide bonds. The van der Waals surface area contributed by atoms with E-state index in [0.717, 1.165) is 10.6 Å². The number of aromatic nitrogens is 1. The smallest absolute Gasteiger partial charge is 0.271 e. The monoisotopic (exact) mass is 309 g/mol. The molecule has 2 rings (SSSR count). The van der Waals surface area contributed by atoms with Crippen molar-refractivity contribution in [3.8, 4) is 10.6 Å². The van der Waals surface area contributed by atoms with Crippen molar-refractivity contribution in [3.05, 3.63) is 27.9 Å². The molecule has 0 saturated carbocycles. The van der Waals surface area contributed by atoms with Gasteiger partial charge in [0.1, 0.15) is 10.7 Å². The number of amides is 2. The summed E-state index contributed by atoms with van der Waals surface area (Å²) in [6, 6.07) is 2.02. The SMILES string of the molecule is CC(C)NC(=O)CNC(=O)c1csc(-c2ccsc2)n1. The van der Waals surface area contributed by atoms with E-state index in [2.05, 4.69) is 15.6 Å². The molecule has 2 heterocycles. The van der Waals surface area contributed by atoms with E-state index in [4.69, 9.17) is 0 Å². The third-order valence-electron chi connectivity index (χ3n) is 2.36. The molecule has 7 heteroatoms. The summed E-state index contributed by atoms with van der Waals surface area (Å²) in [6.07, 6.45) is 0. The first-order chi connectivity index (χ1) is 9.56. The van der Waals surface area contributed by atoms with Gasteiger partial charge >= 0.3 is 0 Å². The zero-order valence-electron chi connectivity index (χ0n) is 11.2. The van der Waals surface area contributed by atoms with Crippen LogP contribution in [0, 0.1) is 0 Å². The Labute approximate surface area is 125 Å². The van der Waals surface area contributed by atoms with E-state index in [0.29, 0.717) is 5.69 Å². The Hall–Kier alpha value is -1.73. The first-order valence-corrected chi connectivity index (χ1v) is 7.94. The Balaban J connectivity index is 1.92. The van der Waals surface area contributed by atoms with Crippen LogP contribution in [-0.4, -0.2) is 29.4 Å². The molecule has 0 radical (unpaired) electrons. The molecular weight excluding hydrogens is 294 g/mol. The van der Waals surface area contributed by atoms with E-state index in [1.807, 2.05) is 30.7 Å². The Morgan fingerprint density at radius 2 is 2.15 bits per heavy atom. The summed E-state index contributed by atoms with van der Waals surface area (Å²) in [5, 5.41) is 11.7. The highest BCUT2D eigenvalue weighted by Crippen LogP contribution is 2.25. The maximum atomic E-state index is 11.9. The number of hydrogen-bond acceptors (Lipinski definition) is 5. The molecule has 0 bridgehead atoms. The minimum Gasteiger partial charge on any atom is -0.352 e. The molecule has 2 aromatic rings. The van der Waals surface area contributed by atoms with Gasteiger partial charge in [0.25, 0.3) is 5.91 Å². The molecule has 0 aliphatic rings. The van der Waals surface area contributed by atoms with Crippen molar-refractivity contribution in [1.29, 1.82) is 0 Å². The summed E-state index contributed by atoms with van der Waals surface area (Å²) in [4.78, 5) is 27.6. The fraction of sp³-hybridized carbons (Fsp3) is 0.308. The highest BCUT2D eigenvalue weighted by atomic mass is 32.1. The van der Waals surface area contributed by atoms with Crippen molar-refractivity contribution in [2.45, 2.75) is 19.9 Å². The third kappa shape index (κ3) is 3.88. The zero-order chi connectivity index (χ0) is 14.5. The lowest BCUT2D eigenvalue weighted by atomic mass is 10.3. The van der Waals surface area contributed by atoms with Crippen molar-refractivity contribution in [2.75, 3.05) is 6.54 Å². The van der Waals surface area contributed by atoms with Gasteiger partial charge in [0.05, 0.1) is 6.54 Å². The molecule has 0 fully saturated rings. The predicted molar refractivity (Wildman–Crippen MR) is 81.0 cm³/mol. The van der Waals surface area contributed by atoms with E-state index < -0.39 is 0 Å². The summed E-state index contributed by atoms with van der Waals surface area (Å²) in [5.74, 6) is -0.539. The van der Waals surface area contributed by atoms with Crippen molar-refractivity contribution < 1.29 is 9.59 Å². The van der Waals surface area contributed by atoms with Gasteiger partial charge in [0.2, 0.25) is 5.91 Å². The second-order valence-corrected chi connectivity index (χ2v) is 6.09. The van der Waals surface area contributed by atoms with Gasteiger partial charge in [-0.2, -0.15) is 11.3 Å².